The van der Waals surface area contributed by atoms with Crippen LogP contribution < -0.4 is 18.9 Å². The summed E-state index contributed by atoms with van der Waals surface area (Å²) in [5.74, 6) is 1.01. The Bertz CT molecular complexity index is 1370. The molecule has 0 unspecified atom stereocenters. The molecule has 0 bridgehead atoms. The molecule has 0 fully saturated rings. The fourth-order valence-electron chi connectivity index (χ4n) is 4.72. The number of benzene rings is 4. The third kappa shape index (κ3) is 10.3. The lowest BCUT2D eigenvalue weighted by Gasteiger charge is -2.15. The smallest absolute Gasteiger partial charge is 0.320 e. The van der Waals surface area contributed by atoms with Crippen LogP contribution in [0.3, 0.4) is 0 Å². The number of rotatable bonds is 18. The van der Waals surface area contributed by atoms with Crippen LogP contribution in [0.25, 0.3) is 22.3 Å². The number of hydrogen-bond acceptors (Lipinski definition) is 8. The number of esters is 2. The van der Waals surface area contributed by atoms with Gasteiger partial charge in [0.1, 0.15) is 23.0 Å². The molecule has 0 heterocycles. The topological polar surface area (TPSA) is 89.5 Å². The molecular weight excluding hydrogens is 584 g/mol. The molecule has 4 aromatic rings. The number of hydrogen-bond donors (Lipinski definition) is 0. The van der Waals surface area contributed by atoms with Crippen molar-refractivity contribution in [1.29, 1.82) is 0 Å². The SMILES string of the molecule is CCCC(C(=O)OCCCOc1ccc(-c2ccc(OC)cc2)cc1)C(=O)OCCCOc1ccc(-c2ccc(OC)cc2)cc1. The number of ether oxygens (including phenoxy) is 6. The summed E-state index contributed by atoms with van der Waals surface area (Å²) < 4.78 is 32.8. The number of carbonyl (C=O) groups is 2. The van der Waals surface area contributed by atoms with Gasteiger partial charge in [-0.15, -0.1) is 0 Å². The monoisotopic (exact) mass is 626 g/mol. The van der Waals surface area contributed by atoms with Crippen molar-refractivity contribution in [2.45, 2.75) is 32.6 Å². The van der Waals surface area contributed by atoms with Crippen molar-refractivity contribution in [2.24, 2.45) is 5.92 Å². The van der Waals surface area contributed by atoms with Gasteiger partial charge in [0.25, 0.3) is 0 Å². The second-order valence-electron chi connectivity index (χ2n) is 10.6. The van der Waals surface area contributed by atoms with E-state index >= 15 is 0 Å². The van der Waals surface area contributed by atoms with Crippen molar-refractivity contribution >= 4 is 11.9 Å². The Morgan fingerprint density at radius 1 is 0.500 bits per heavy atom. The molecule has 0 aliphatic rings. The van der Waals surface area contributed by atoms with Gasteiger partial charge in [0.05, 0.1) is 40.6 Å². The highest BCUT2D eigenvalue weighted by Crippen LogP contribution is 2.26. The highest BCUT2D eigenvalue weighted by Gasteiger charge is 2.28. The molecular formula is C38H42O8. The lowest BCUT2D eigenvalue weighted by molar-refractivity contribution is -0.162. The molecule has 0 spiro atoms. The predicted molar refractivity (Wildman–Crippen MR) is 177 cm³/mol. The third-order valence-corrected chi connectivity index (χ3v) is 7.31. The van der Waals surface area contributed by atoms with E-state index in [1.807, 2.05) is 104 Å². The van der Waals surface area contributed by atoms with Crippen LogP contribution in [-0.4, -0.2) is 52.6 Å². The summed E-state index contributed by atoms with van der Waals surface area (Å²) in [6, 6.07) is 31.3. The summed E-state index contributed by atoms with van der Waals surface area (Å²) in [4.78, 5) is 25.3. The van der Waals surface area contributed by atoms with Gasteiger partial charge in [0, 0.05) is 12.8 Å². The van der Waals surface area contributed by atoms with Gasteiger partial charge in [-0.1, -0.05) is 61.9 Å². The van der Waals surface area contributed by atoms with E-state index in [1.54, 1.807) is 14.2 Å². The molecule has 0 atom stereocenters. The van der Waals surface area contributed by atoms with Crippen molar-refractivity contribution in [3.8, 4) is 45.3 Å². The van der Waals surface area contributed by atoms with Gasteiger partial charge in [-0.3, -0.25) is 9.59 Å². The van der Waals surface area contributed by atoms with E-state index in [9.17, 15) is 9.59 Å². The molecule has 0 radical (unpaired) electrons. The number of methoxy groups -OCH3 is 2. The van der Waals surface area contributed by atoms with E-state index in [0.717, 1.165) is 45.3 Å². The second-order valence-corrected chi connectivity index (χ2v) is 10.6. The van der Waals surface area contributed by atoms with E-state index in [-0.39, 0.29) is 13.2 Å². The van der Waals surface area contributed by atoms with Crippen molar-refractivity contribution in [3.05, 3.63) is 97.1 Å². The van der Waals surface area contributed by atoms with Crippen molar-refractivity contribution < 1.29 is 38.0 Å². The average molecular weight is 627 g/mol. The molecule has 0 aromatic heterocycles. The van der Waals surface area contributed by atoms with Gasteiger partial charge in [-0.05, 0) is 77.2 Å². The first-order valence-electron chi connectivity index (χ1n) is 15.6. The van der Waals surface area contributed by atoms with Crippen molar-refractivity contribution in [1.82, 2.24) is 0 Å². The molecule has 0 amide bonds. The average Bonchev–Trinajstić information content (AvgIpc) is 3.10. The van der Waals surface area contributed by atoms with Crippen LogP contribution >= 0.6 is 0 Å². The van der Waals surface area contributed by atoms with Crippen LogP contribution in [0.1, 0.15) is 32.6 Å². The zero-order valence-corrected chi connectivity index (χ0v) is 26.7. The highest BCUT2D eigenvalue weighted by atomic mass is 16.6. The zero-order valence-electron chi connectivity index (χ0n) is 26.7. The predicted octanol–water partition coefficient (Wildman–Crippen LogP) is 7.78. The fraction of sp³-hybridized carbons (Fsp3) is 0.316. The minimum atomic E-state index is -0.942. The van der Waals surface area contributed by atoms with Gasteiger partial charge in [-0.25, -0.2) is 0 Å². The summed E-state index contributed by atoms with van der Waals surface area (Å²) in [6.45, 7) is 2.97. The van der Waals surface area contributed by atoms with E-state index in [2.05, 4.69) is 0 Å². The Morgan fingerprint density at radius 2 is 0.826 bits per heavy atom. The summed E-state index contributed by atoms with van der Waals surface area (Å²) >= 11 is 0. The van der Waals surface area contributed by atoms with Crippen LogP contribution in [0.2, 0.25) is 0 Å². The van der Waals surface area contributed by atoms with E-state index in [0.29, 0.717) is 38.9 Å². The van der Waals surface area contributed by atoms with Crippen LogP contribution in [0.5, 0.6) is 23.0 Å². The maximum atomic E-state index is 12.7. The molecule has 46 heavy (non-hydrogen) atoms. The molecule has 8 heteroatoms. The Morgan fingerprint density at radius 3 is 1.13 bits per heavy atom. The third-order valence-electron chi connectivity index (χ3n) is 7.31. The van der Waals surface area contributed by atoms with Crippen LogP contribution in [0, 0.1) is 5.92 Å². The van der Waals surface area contributed by atoms with E-state index in [1.165, 1.54) is 0 Å². The first-order chi connectivity index (χ1) is 22.5. The molecule has 0 N–H and O–H groups in total. The van der Waals surface area contributed by atoms with Gasteiger partial charge < -0.3 is 28.4 Å². The first kappa shape index (κ1) is 33.9. The lowest BCUT2D eigenvalue weighted by atomic mass is 10.0. The Kier molecular flexibility index (Phi) is 13.3. The van der Waals surface area contributed by atoms with Crippen LogP contribution in [0.15, 0.2) is 97.1 Å². The lowest BCUT2D eigenvalue weighted by Crippen LogP contribution is -2.29. The largest absolute Gasteiger partial charge is 0.497 e. The van der Waals surface area contributed by atoms with E-state index in [4.69, 9.17) is 28.4 Å². The normalized spacial score (nSPS) is 10.7. The van der Waals surface area contributed by atoms with Crippen molar-refractivity contribution in [2.75, 3.05) is 40.6 Å². The minimum Gasteiger partial charge on any atom is -0.497 e. The van der Waals surface area contributed by atoms with Gasteiger partial charge in [0.15, 0.2) is 5.92 Å². The molecule has 0 aliphatic carbocycles. The summed E-state index contributed by atoms with van der Waals surface area (Å²) in [5.41, 5.74) is 4.31. The molecule has 0 saturated carbocycles. The highest BCUT2D eigenvalue weighted by molar-refractivity contribution is 5.94. The summed E-state index contributed by atoms with van der Waals surface area (Å²) in [5, 5.41) is 0. The fourth-order valence-corrected chi connectivity index (χ4v) is 4.72. The van der Waals surface area contributed by atoms with Gasteiger partial charge in [0.2, 0.25) is 0 Å². The van der Waals surface area contributed by atoms with Gasteiger partial charge in [-0.2, -0.15) is 0 Å². The molecule has 4 rings (SSSR count). The Labute approximate surface area is 271 Å². The summed E-state index contributed by atoms with van der Waals surface area (Å²) in [7, 11) is 3.29. The standard InChI is InChI=1S/C38H42O8/c1-4-7-36(37(39)45-26-5-24-43-34-20-12-30(13-21-34)28-8-16-32(41-2)17-9-28)38(40)46-27-6-25-44-35-22-14-31(15-23-35)29-10-18-33(42-3)19-11-29/h8-23,36H,4-7,24-27H2,1-3H3. The van der Waals surface area contributed by atoms with Gasteiger partial charge >= 0.3 is 11.9 Å². The minimum absolute atomic E-state index is 0.154. The molecule has 242 valence electrons. The zero-order chi connectivity index (χ0) is 32.6. The molecule has 0 saturated heterocycles. The van der Waals surface area contributed by atoms with Crippen LogP contribution in [0.4, 0.5) is 0 Å². The first-order valence-corrected chi connectivity index (χ1v) is 15.6. The van der Waals surface area contributed by atoms with Crippen LogP contribution in [-0.2, 0) is 19.1 Å². The maximum absolute atomic E-state index is 12.7. The van der Waals surface area contributed by atoms with E-state index < -0.39 is 17.9 Å². The Balaban J connectivity index is 1.11. The summed E-state index contributed by atoms with van der Waals surface area (Å²) in [6.07, 6.45) is 2.02. The maximum Gasteiger partial charge on any atom is 0.320 e. The Hall–Kier alpha value is -4.98. The quantitative estimate of drug-likeness (QED) is 0.0629. The molecule has 8 nitrogen and oxygen atoms in total. The van der Waals surface area contributed by atoms with Crippen molar-refractivity contribution in [3.63, 3.8) is 0 Å². The number of carbonyl (C=O) groups excluding carboxylic acids is 2. The second kappa shape index (κ2) is 18.1. The molecule has 4 aromatic carbocycles. The molecule has 0 aliphatic heterocycles.